The van der Waals surface area contributed by atoms with Gasteiger partial charge in [0.15, 0.2) is 0 Å². The molecule has 2 aromatic carbocycles. The van der Waals surface area contributed by atoms with Crippen LogP contribution in [0.25, 0.3) is 0 Å². The summed E-state index contributed by atoms with van der Waals surface area (Å²) < 4.78 is 52.9. The summed E-state index contributed by atoms with van der Waals surface area (Å²) in [4.78, 5) is 17.1. The van der Waals surface area contributed by atoms with Crippen molar-refractivity contribution >= 4 is 11.6 Å². The standard InChI is InChI=1S/C21H16F4N2O/c22-15-10-8-14(9-11-15)17(13-16-5-3-4-12-26-16)20(28)27-19-7-2-1-6-18(19)21(23,24)25/h1-12,17H,13H2,(H,27,28). The van der Waals surface area contributed by atoms with E-state index in [0.29, 0.717) is 11.3 Å². The van der Waals surface area contributed by atoms with Gasteiger partial charge in [0.1, 0.15) is 5.82 Å². The number of alkyl halides is 3. The number of carbonyl (C=O) groups is 1. The Labute approximate surface area is 159 Å². The first-order valence-corrected chi connectivity index (χ1v) is 8.47. The number of hydrogen-bond acceptors (Lipinski definition) is 2. The lowest BCUT2D eigenvalue weighted by Gasteiger charge is -2.19. The van der Waals surface area contributed by atoms with Crippen LogP contribution in [0.2, 0.25) is 0 Å². The van der Waals surface area contributed by atoms with E-state index < -0.39 is 29.4 Å². The van der Waals surface area contributed by atoms with Crippen LogP contribution in [0.1, 0.15) is 22.7 Å². The minimum atomic E-state index is -4.60. The molecule has 0 aliphatic rings. The zero-order chi connectivity index (χ0) is 20.1. The highest BCUT2D eigenvalue weighted by Gasteiger charge is 2.34. The number of amides is 1. The fourth-order valence-electron chi connectivity index (χ4n) is 2.84. The van der Waals surface area contributed by atoms with Crippen molar-refractivity contribution in [3.8, 4) is 0 Å². The maximum Gasteiger partial charge on any atom is 0.418 e. The average Bonchev–Trinajstić information content (AvgIpc) is 2.67. The van der Waals surface area contributed by atoms with Crippen LogP contribution in [-0.4, -0.2) is 10.9 Å². The number of hydrogen-bond donors (Lipinski definition) is 1. The summed E-state index contributed by atoms with van der Waals surface area (Å²) in [6.07, 6.45) is -2.88. The Morgan fingerprint density at radius 2 is 1.64 bits per heavy atom. The fraction of sp³-hybridized carbons (Fsp3) is 0.143. The van der Waals surface area contributed by atoms with Crippen molar-refractivity contribution in [1.29, 1.82) is 0 Å². The first kappa shape index (κ1) is 19.5. The topological polar surface area (TPSA) is 42.0 Å². The Kier molecular flexibility index (Phi) is 5.73. The molecular weight excluding hydrogens is 372 g/mol. The lowest BCUT2D eigenvalue weighted by atomic mass is 9.92. The van der Waals surface area contributed by atoms with E-state index in [1.165, 1.54) is 42.5 Å². The van der Waals surface area contributed by atoms with E-state index in [1.807, 2.05) is 0 Å². The maximum atomic E-state index is 13.3. The third-order valence-corrected chi connectivity index (χ3v) is 4.22. The Morgan fingerprint density at radius 3 is 2.29 bits per heavy atom. The van der Waals surface area contributed by atoms with E-state index in [1.54, 1.807) is 24.4 Å². The van der Waals surface area contributed by atoms with Gasteiger partial charge in [-0.3, -0.25) is 9.78 Å². The number of para-hydroxylation sites is 1. The van der Waals surface area contributed by atoms with Crippen LogP contribution >= 0.6 is 0 Å². The van der Waals surface area contributed by atoms with Gasteiger partial charge in [0.05, 0.1) is 17.2 Å². The number of aromatic nitrogens is 1. The van der Waals surface area contributed by atoms with Crippen LogP contribution in [-0.2, 0) is 17.4 Å². The van der Waals surface area contributed by atoms with Gasteiger partial charge in [0, 0.05) is 18.3 Å². The molecule has 1 atom stereocenters. The van der Waals surface area contributed by atoms with E-state index in [4.69, 9.17) is 0 Å². The third-order valence-electron chi connectivity index (χ3n) is 4.22. The predicted octanol–water partition coefficient (Wildman–Crippen LogP) is 5.20. The molecule has 0 saturated heterocycles. The molecule has 0 aliphatic carbocycles. The molecule has 1 amide bonds. The molecule has 3 rings (SSSR count). The SMILES string of the molecule is O=C(Nc1ccccc1C(F)(F)F)C(Cc1ccccn1)c1ccc(F)cc1. The van der Waals surface area contributed by atoms with Crippen molar-refractivity contribution in [1.82, 2.24) is 4.98 Å². The molecule has 0 spiro atoms. The number of benzene rings is 2. The summed E-state index contributed by atoms with van der Waals surface area (Å²) in [7, 11) is 0. The van der Waals surface area contributed by atoms with Crippen molar-refractivity contribution in [3.05, 3.63) is 95.6 Å². The highest BCUT2D eigenvalue weighted by molar-refractivity contribution is 5.96. The summed E-state index contributed by atoms with van der Waals surface area (Å²) in [5.74, 6) is -1.94. The summed E-state index contributed by atoms with van der Waals surface area (Å²) in [6.45, 7) is 0. The van der Waals surface area contributed by atoms with Gasteiger partial charge in [-0.05, 0) is 42.0 Å². The smallest absolute Gasteiger partial charge is 0.325 e. The van der Waals surface area contributed by atoms with E-state index >= 15 is 0 Å². The van der Waals surface area contributed by atoms with Crippen molar-refractivity contribution in [2.24, 2.45) is 0 Å². The van der Waals surface area contributed by atoms with Crippen LogP contribution in [0.4, 0.5) is 23.2 Å². The van der Waals surface area contributed by atoms with Crippen LogP contribution in [0, 0.1) is 5.82 Å². The number of halogens is 4. The molecule has 0 saturated carbocycles. The molecule has 7 heteroatoms. The van der Waals surface area contributed by atoms with Gasteiger partial charge in [-0.15, -0.1) is 0 Å². The zero-order valence-corrected chi connectivity index (χ0v) is 14.6. The molecule has 3 aromatic rings. The summed E-state index contributed by atoms with van der Waals surface area (Å²) in [6, 6.07) is 15.3. The van der Waals surface area contributed by atoms with Crippen LogP contribution < -0.4 is 5.32 Å². The first-order chi connectivity index (χ1) is 13.3. The van der Waals surface area contributed by atoms with E-state index in [9.17, 15) is 22.4 Å². The van der Waals surface area contributed by atoms with Crippen LogP contribution in [0.15, 0.2) is 72.9 Å². The molecule has 1 aromatic heterocycles. The first-order valence-electron chi connectivity index (χ1n) is 8.47. The maximum absolute atomic E-state index is 13.3. The van der Waals surface area contributed by atoms with Crippen LogP contribution in [0.5, 0.6) is 0 Å². The molecule has 144 valence electrons. The number of pyridine rings is 1. The molecule has 1 unspecified atom stereocenters. The molecule has 0 bridgehead atoms. The van der Waals surface area contributed by atoms with Gasteiger partial charge in [-0.2, -0.15) is 13.2 Å². The molecule has 28 heavy (non-hydrogen) atoms. The average molecular weight is 388 g/mol. The van der Waals surface area contributed by atoms with Gasteiger partial charge < -0.3 is 5.32 Å². The fourth-order valence-corrected chi connectivity index (χ4v) is 2.84. The summed E-state index contributed by atoms with van der Waals surface area (Å²) >= 11 is 0. The number of nitrogens with one attached hydrogen (secondary N) is 1. The minimum absolute atomic E-state index is 0.159. The third kappa shape index (κ3) is 4.73. The van der Waals surface area contributed by atoms with E-state index in [-0.39, 0.29) is 12.1 Å². The number of nitrogens with zero attached hydrogens (tertiary/aromatic N) is 1. The van der Waals surface area contributed by atoms with Crippen molar-refractivity contribution in [2.75, 3.05) is 5.32 Å². The van der Waals surface area contributed by atoms with Gasteiger partial charge in [-0.25, -0.2) is 4.39 Å². The highest BCUT2D eigenvalue weighted by atomic mass is 19.4. The van der Waals surface area contributed by atoms with Crippen molar-refractivity contribution in [3.63, 3.8) is 0 Å². The van der Waals surface area contributed by atoms with E-state index in [0.717, 1.165) is 6.07 Å². The van der Waals surface area contributed by atoms with Crippen molar-refractivity contribution < 1.29 is 22.4 Å². The zero-order valence-electron chi connectivity index (χ0n) is 14.6. The number of anilines is 1. The van der Waals surface area contributed by atoms with Gasteiger partial charge >= 0.3 is 6.18 Å². The summed E-state index contributed by atoms with van der Waals surface area (Å²) in [5.41, 5.74) is -0.183. The number of carbonyl (C=O) groups excluding carboxylic acids is 1. The Balaban J connectivity index is 1.92. The van der Waals surface area contributed by atoms with Gasteiger partial charge in [-0.1, -0.05) is 30.3 Å². The van der Waals surface area contributed by atoms with Gasteiger partial charge in [0.2, 0.25) is 5.91 Å². The number of rotatable bonds is 5. The molecule has 0 radical (unpaired) electrons. The molecule has 0 aliphatic heterocycles. The Morgan fingerprint density at radius 1 is 0.964 bits per heavy atom. The predicted molar refractivity (Wildman–Crippen MR) is 97.2 cm³/mol. The van der Waals surface area contributed by atoms with Crippen LogP contribution in [0.3, 0.4) is 0 Å². The quantitative estimate of drug-likeness (QED) is 0.610. The van der Waals surface area contributed by atoms with E-state index in [2.05, 4.69) is 10.3 Å². The molecule has 1 N–H and O–H groups in total. The molecule has 1 heterocycles. The monoisotopic (exact) mass is 388 g/mol. The molecule has 0 fully saturated rings. The molecule has 3 nitrogen and oxygen atoms in total. The van der Waals surface area contributed by atoms with Gasteiger partial charge in [0.25, 0.3) is 0 Å². The lowest BCUT2D eigenvalue weighted by molar-refractivity contribution is -0.137. The largest absolute Gasteiger partial charge is 0.418 e. The second-order valence-electron chi connectivity index (χ2n) is 6.16. The second kappa shape index (κ2) is 8.21. The lowest BCUT2D eigenvalue weighted by Crippen LogP contribution is -2.25. The van der Waals surface area contributed by atoms with Crippen molar-refractivity contribution in [2.45, 2.75) is 18.5 Å². The second-order valence-corrected chi connectivity index (χ2v) is 6.16. The summed E-state index contributed by atoms with van der Waals surface area (Å²) in [5, 5.41) is 2.37. The Hall–Kier alpha value is -3.22. The highest BCUT2D eigenvalue weighted by Crippen LogP contribution is 2.35. The normalized spacial score (nSPS) is 12.4. The minimum Gasteiger partial charge on any atom is -0.325 e. The Bertz CT molecular complexity index is 941. The molecular formula is C21H16F4N2O.